The van der Waals surface area contributed by atoms with Crippen molar-refractivity contribution < 1.29 is 32.6 Å². The largest absolute Gasteiger partial charge is 0.480 e. The van der Waals surface area contributed by atoms with Gasteiger partial charge < -0.3 is 31.5 Å². The first-order valence-electron chi connectivity index (χ1n) is 12.2. The summed E-state index contributed by atoms with van der Waals surface area (Å²) in [5.41, 5.74) is 14.2. The number of carboxylic acids is 1. The van der Waals surface area contributed by atoms with E-state index in [0.717, 1.165) is 5.56 Å². The molecule has 13 nitrogen and oxygen atoms in total. The van der Waals surface area contributed by atoms with Gasteiger partial charge in [-0.05, 0) is 50.5 Å². The third kappa shape index (κ3) is 7.50. The number of ether oxygens (including phenoxy) is 1. The maximum atomic E-state index is 12.9. The molecule has 3 amide bonds. The molecule has 1 aliphatic rings. The summed E-state index contributed by atoms with van der Waals surface area (Å²) in [7, 11) is -4.19. The highest BCUT2D eigenvalue weighted by Gasteiger charge is 2.39. The van der Waals surface area contributed by atoms with Crippen molar-refractivity contribution in [1.29, 1.82) is 0 Å². The summed E-state index contributed by atoms with van der Waals surface area (Å²) in [4.78, 5) is 41.7. The molecule has 39 heavy (non-hydrogen) atoms. The minimum atomic E-state index is -4.19. The fourth-order valence-electron chi connectivity index (χ4n) is 4.79. The van der Waals surface area contributed by atoms with Crippen LogP contribution in [0.5, 0.6) is 0 Å². The summed E-state index contributed by atoms with van der Waals surface area (Å²) in [6.07, 6.45) is 1.34. The van der Waals surface area contributed by atoms with Crippen LogP contribution in [-0.4, -0.2) is 79.2 Å². The van der Waals surface area contributed by atoms with Gasteiger partial charge in [0.2, 0.25) is 15.9 Å². The number of aliphatic carboxylic acids is 1. The number of pyridine rings is 1. The molecule has 212 valence electrons. The number of amides is 3. The maximum Gasteiger partial charge on any atom is 0.323 e. The lowest BCUT2D eigenvalue weighted by molar-refractivity contribution is -0.139. The molecule has 0 radical (unpaired) electrons. The number of aryl methyl sites for hydroxylation is 3. The average Bonchev–Trinajstić information content (AvgIpc) is 3.29. The third-order valence-corrected chi connectivity index (χ3v) is 8.23. The number of carbonyl (C=O) groups is 3. The first-order valence-corrected chi connectivity index (χ1v) is 13.7. The number of hydrogen-bond acceptors (Lipinski definition) is 8. The number of primary amides is 1. The van der Waals surface area contributed by atoms with Gasteiger partial charge in [0.25, 0.3) is 0 Å². The molecule has 2 heterocycles. The number of benzene rings is 1. The lowest BCUT2D eigenvalue weighted by Crippen LogP contribution is -2.49. The summed E-state index contributed by atoms with van der Waals surface area (Å²) in [6.45, 7) is 4.23. The van der Waals surface area contributed by atoms with E-state index >= 15 is 0 Å². The molecule has 1 aromatic heterocycles. The van der Waals surface area contributed by atoms with E-state index in [1.807, 2.05) is 6.92 Å². The van der Waals surface area contributed by atoms with E-state index in [4.69, 9.17) is 16.2 Å². The maximum absolute atomic E-state index is 12.9. The molecule has 0 saturated carbocycles. The molecule has 0 aliphatic carbocycles. The first-order chi connectivity index (χ1) is 18.3. The van der Waals surface area contributed by atoms with Crippen molar-refractivity contribution >= 4 is 27.9 Å². The normalized spacial score (nSPS) is 18.9. The molecule has 1 aliphatic heterocycles. The van der Waals surface area contributed by atoms with Gasteiger partial charge in [-0.1, -0.05) is 23.8 Å². The van der Waals surface area contributed by atoms with Gasteiger partial charge in [0.1, 0.15) is 12.6 Å². The molecule has 7 N–H and O–H groups in total. The number of nitrogens with zero attached hydrogens (tertiary/aromatic N) is 2. The van der Waals surface area contributed by atoms with Crippen LogP contribution in [0.25, 0.3) is 0 Å². The highest BCUT2D eigenvalue weighted by molar-refractivity contribution is 7.89. The van der Waals surface area contributed by atoms with Crippen molar-refractivity contribution in [1.82, 2.24) is 19.9 Å². The molecule has 4 unspecified atom stereocenters. The van der Waals surface area contributed by atoms with Crippen molar-refractivity contribution in [3.8, 4) is 0 Å². The summed E-state index contributed by atoms with van der Waals surface area (Å²) < 4.78 is 33.7. The van der Waals surface area contributed by atoms with Gasteiger partial charge >= 0.3 is 12.0 Å². The summed E-state index contributed by atoms with van der Waals surface area (Å²) in [5.74, 6) is -2.12. The van der Waals surface area contributed by atoms with Gasteiger partial charge in [0, 0.05) is 19.3 Å². The van der Waals surface area contributed by atoms with Crippen molar-refractivity contribution in [2.45, 2.75) is 56.3 Å². The number of likely N-dealkylation sites (tertiary alicyclic amines) is 1. The molecule has 0 spiro atoms. The third-order valence-electron chi connectivity index (χ3n) is 6.45. The van der Waals surface area contributed by atoms with Crippen LogP contribution in [-0.2, 0) is 24.3 Å². The van der Waals surface area contributed by atoms with Gasteiger partial charge in [-0.3, -0.25) is 14.6 Å². The summed E-state index contributed by atoms with van der Waals surface area (Å²) in [5, 5.41) is 11.9. The first kappa shape index (κ1) is 30.0. The minimum Gasteiger partial charge on any atom is -0.480 e. The topological polar surface area (TPSA) is 207 Å². The van der Waals surface area contributed by atoms with E-state index < -0.39 is 65.3 Å². The molecule has 1 fully saturated rings. The Hall–Kier alpha value is -3.59. The minimum absolute atomic E-state index is 0.00675. The zero-order valence-electron chi connectivity index (χ0n) is 22.0. The SMILES string of the molecule is Cc1cc(C)c(S(=O)(=O)NC(CNC(=O)COC2CC(C(N)c3ccccn3)N(C(N)=O)C2)C(=O)O)c(C)c1. The van der Waals surface area contributed by atoms with E-state index in [1.165, 1.54) is 4.90 Å². The van der Waals surface area contributed by atoms with Gasteiger partial charge in [0.15, 0.2) is 0 Å². The highest BCUT2D eigenvalue weighted by atomic mass is 32.2. The molecule has 1 saturated heterocycles. The highest BCUT2D eigenvalue weighted by Crippen LogP contribution is 2.28. The second kappa shape index (κ2) is 12.5. The molecule has 4 atom stereocenters. The van der Waals surface area contributed by atoms with Crippen LogP contribution in [0.3, 0.4) is 0 Å². The lowest BCUT2D eigenvalue weighted by atomic mass is 10.0. The van der Waals surface area contributed by atoms with Crippen LogP contribution in [0.1, 0.15) is 34.8 Å². The number of nitrogens with two attached hydrogens (primary N) is 2. The monoisotopic (exact) mass is 562 g/mol. The number of sulfonamides is 1. The molecule has 1 aromatic carbocycles. The Labute approximate surface area is 227 Å². The predicted molar refractivity (Wildman–Crippen MR) is 141 cm³/mol. The predicted octanol–water partition coefficient (Wildman–Crippen LogP) is 0.0928. The molecular weight excluding hydrogens is 528 g/mol. The van der Waals surface area contributed by atoms with E-state index in [1.54, 1.807) is 50.4 Å². The van der Waals surface area contributed by atoms with Gasteiger partial charge in [-0.2, -0.15) is 4.72 Å². The smallest absolute Gasteiger partial charge is 0.323 e. The lowest BCUT2D eigenvalue weighted by Gasteiger charge is -2.27. The zero-order valence-corrected chi connectivity index (χ0v) is 22.8. The Balaban J connectivity index is 1.57. The number of urea groups is 1. The number of nitrogens with one attached hydrogen (secondary N) is 2. The zero-order chi connectivity index (χ0) is 28.9. The van der Waals surface area contributed by atoms with Crippen LogP contribution < -0.4 is 21.5 Å². The standard InChI is InChI=1S/C25H34N6O7S/c1-14-8-15(2)23(16(3)9-14)39(36,37)30-19(24(33)34)11-29-21(32)13-38-17-10-20(31(12-17)25(27)35)22(26)18-6-4-5-7-28-18/h4-9,17,19-20,22,30H,10-13,26H2,1-3H3,(H2,27,35)(H,29,32)(H,33,34). The Morgan fingerprint density at radius 1 is 1.21 bits per heavy atom. The Bertz CT molecular complexity index is 1300. The number of carboxylic acid groups (broad SMARTS) is 1. The molecule has 2 aromatic rings. The van der Waals surface area contributed by atoms with E-state index in [-0.39, 0.29) is 11.4 Å². The summed E-state index contributed by atoms with van der Waals surface area (Å²) >= 11 is 0. The second-order valence-corrected chi connectivity index (χ2v) is 11.2. The quantitative estimate of drug-likeness (QED) is 0.251. The van der Waals surface area contributed by atoms with Gasteiger partial charge in [-0.15, -0.1) is 0 Å². The van der Waals surface area contributed by atoms with Crippen LogP contribution >= 0.6 is 0 Å². The van der Waals surface area contributed by atoms with E-state index in [2.05, 4.69) is 15.0 Å². The average molecular weight is 563 g/mol. The second-order valence-electron chi connectivity index (χ2n) is 9.55. The van der Waals surface area contributed by atoms with Crippen molar-refractivity contribution in [3.63, 3.8) is 0 Å². The van der Waals surface area contributed by atoms with Crippen LogP contribution in [0.4, 0.5) is 4.79 Å². The molecule has 0 bridgehead atoms. The van der Waals surface area contributed by atoms with E-state index in [9.17, 15) is 27.9 Å². The van der Waals surface area contributed by atoms with Crippen LogP contribution in [0.2, 0.25) is 0 Å². The Morgan fingerprint density at radius 2 is 1.87 bits per heavy atom. The van der Waals surface area contributed by atoms with Crippen molar-refractivity contribution in [2.75, 3.05) is 19.7 Å². The van der Waals surface area contributed by atoms with Crippen LogP contribution in [0, 0.1) is 20.8 Å². The number of carbonyl (C=O) groups excluding carboxylic acids is 2. The number of hydrogen-bond donors (Lipinski definition) is 5. The Kier molecular flexibility index (Phi) is 9.61. The van der Waals surface area contributed by atoms with E-state index in [0.29, 0.717) is 23.2 Å². The molecule has 14 heteroatoms. The molecular formula is C25H34N6O7S. The summed E-state index contributed by atoms with van der Waals surface area (Å²) in [6, 6.07) is 5.22. The van der Waals surface area contributed by atoms with Crippen molar-refractivity contribution in [3.05, 3.63) is 58.9 Å². The fraction of sp³-hybridized carbons (Fsp3) is 0.440. The van der Waals surface area contributed by atoms with Gasteiger partial charge in [-0.25, -0.2) is 13.2 Å². The Morgan fingerprint density at radius 3 is 2.44 bits per heavy atom. The fourth-order valence-corrected chi connectivity index (χ4v) is 6.43. The number of aromatic nitrogens is 1. The van der Waals surface area contributed by atoms with Crippen molar-refractivity contribution in [2.24, 2.45) is 11.5 Å². The van der Waals surface area contributed by atoms with Crippen LogP contribution in [0.15, 0.2) is 41.4 Å². The number of rotatable bonds is 11. The van der Waals surface area contributed by atoms with Gasteiger partial charge in [0.05, 0.1) is 28.8 Å². The molecule has 3 rings (SSSR count).